The van der Waals surface area contributed by atoms with Gasteiger partial charge in [0.1, 0.15) is 5.76 Å². The first-order valence-electron chi connectivity index (χ1n) is 6.89. The van der Waals surface area contributed by atoms with E-state index < -0.39 is 22.3 Å². The molecule has 2 N–H and O–H groups in total. The minimum atomic E-state index is -0.754. The molecule has 0 spiro atoms. The number of hydrogen-bond donors (Lipinski definition) is 2. The lowest BCUT2D eigenvalue weighted by atomic mass is 9.94. The average Bonchev–Trinajstić information content (AvgIpc) is 2.94. The molecule has 0 unspecified atom stereocenters. The predicted molar refractivity (Wildman–Crippen MR) is 81.1 cm³/mol. The second-order valence-corrected chi connectivity index (χ2v) is 6.01. The van der Waals surface area contributed by atoms with Crippen LogP contribution >= 0.6 is 0 Å². The Labute approximate surface area is 132 Å². The van der Waals surface area contributed by atoms with Gasteiger partial charge in [-0.25, -0.2) is 4.98 Å². The maximum absolute atomic E-state index is 12.0. The number of carbonyl (C=O) groups excluding carboxylic acids is 1. The Morgan fingerprint density at radius 1 is 1.43 bits per heavy atom. The number of rotatable bonds is 4. The quantitative estimate of drug-likeness (QED) is 0.660. The van der Waals surface area contributed by atoms with E-state index in [0.717, 1.165) is 12.1 Å². The molecule has 8 nitrogen and oxygen atoms in total. The third-order valence-corrected chi connectivity index (χ3v) is 3.13. The number of oxazole rings is 1. The Hall–Kier alpha value is -2.90. The standard InChI is InChI=1S/C15H17N3O5/c1-15(2,3)12-7-16-13(23-12)8-17-14(20)9-4-5-11(19)10(6-9)18(21)22/h4-7,19H,8H2,1-3H3,(H,17,20). The van der Waals surface area contributed by atoms with Crippen LogP contribution in [0.2, 0.25) is 0 Å². The van der Waals surface area contributed by atoms with Gasteiger partial charge in [0.25, 0.3) is 5.91 Å². The van der Waals surface area contributed by atoms with E-state index >= 15 is 0 Å². The molecule has 8 heteroatoms. The van der Waals surface area contributed by atoms with Crippen LogP contribution in [0.5, 0.6) is 5.75 Å². The second-order valence-electron chi connectivity index (χ2n) is 6.01. The lowest BCUT2D eigenvalue weighted by Gasteiger charge is -2.13. The van der Waals surface area contributed by atoms with Crippen LogP contribution in [0.4, 0.5) is 5.69 Å². The first-order chi connectivity index (χ1) is 10.7. The zero-order chi connectivity index (χ0) is 17.2. The fourth-order valence-electron chi connectivity index (χ4n) is 1.81. The molecular weight excluding hydrogens is 302 g/mol. The SMILES string of the molecule is CC(C)(C)c1cnc(CNC(=O)c2ccc(O)c([N+](=O)[O-])c2)o1. The summed E-state index contributed by atoms with van der Waals surface area (Å²) in [4.78, 5) is 26.1. The third-order valence-electron chi connectivity index (χ3n) is 3.13. The van der Waals surface area contributed by atoms with E-state index in [1.165, 1.54) is 6.07 Å². The van der Waals surface area contributed by atoms with Gasteiger partial charge < -0.3 is 14.8 Å². The van der Waals surface area contributed by atoms with Crippen molar-refractivity contribution in [3.8, 4) is 5.75 Å². The molecule has 23 heavy (non-hydrogen) atoms. The van der Waals surface area contributed by atoms with Gasteiger partial charge in [-0.2, -0.15) is 0 Å². The molecule has 0 aliphatic heterocycles. The van der Waals surface area contributed by atoms with Gasteiger partial charge in [0, 0.05) is 17.0 Å². The van der Waals surface area contributed by atoms with Crippen molar-refractivity contribution in [3.05, 3.63) is 51.7 Å². The summed E-state index contributed by atoms with van der Waals surface area (Å²) in [5.41, 5.74) is -0.645. The summed E-state index contributed by atoms with van der Waals surface area (Å²) in [6, 6.07) is 3.42. The summed E-state index contributed by atoms with van der Waals surface area (Å²) >= 11 is 0. The van der Waals surface area contributed by atoms with Gasteiger partial charge in [0.05, 0.1) is 17.7 Å². The normalized spacial score (nSPS) is 11.3. The van der Waals surface area contributed by atoms with Crippen LogP contribution in [0, 0.1) is 10.1 Å². The number of aromatic hydroxyl groups is 1. The van der Waals surface area contributed by atoms with Gasteiger partial charge in [-0.3, -0.25) is 14.9 Å². The Balaban J connectivity index is 2.07. The topological polar surface area (TPSA) is 119 Å². The van der Waals surface area contributed by atoms with Gasteiger partial charge in [-0.1, -0.05) is 20.8 Å². The Kier molecular flexibility index (Phi) is 4.35. The van der Waals surface area contributed by atoms with Crippen molar-refractivity contribution in [2.75, 3.05) is 0 Å². The monoisotopic (exact) mass is 319 g/mol. The number of nitro groups is 1. The van der Waals surface area contributed by atoms with E-state index in [1.54, 1.807) is 6.20 Å². The largest absolute Gasteiger partial charge is 0.502 e. The number of hydrogen-bond acceptors (Lipinski definition) is 6. The molecule has 0 saturated carbocycles. The number of nitrogens with one attached hydrogen (secondary N) is 1. The molecular formula is C15H17N3O5. The van der Waals surface area contributed by atoms with Crippen LogP contribution in [0.3, 0.4) is 0 Å². The number of phenolic OH excluding ortho intramolecular Hbond substituents is 1. The molecule has 1 aromatic heterocycles. The van der Waals surface area contributed by atoms with Crippen molar-refractivity contribution in [2.45, 2.75) is 32.7 Å². The average molecular weight is 319 g/mol. The Morgan fingerprint density at radius 3 is 2.70 bits per heavy atom. The van der Waals surface area contributed by atoms with Crippen LogP contribution < -0.4 is 5.32 Å². The van der Waals surface area contributed by atoms with Crippen LogP contribution in [0.15, 0.2) is 28.8 Å². The lowest BCUT2D eigenvalue weighted by molar-refractivity contribution is -0.385. The Bertz CT molecular complexity index is 746. The van der Waals surface area contributed by atoms with E-state index in [9.17, 15) is 20.0 Å². The van der Waals surface area contributed by atoms with E-state index in [2.05, 4.69) is 10.3 Å². The number of aromatic nitrogens is 1. The third kappa shape index (κ3) is 3.85. The zero-order valence-corrected chi connectivity index (χ0v) is 13.0. The molecule has 1 amide bonds. The number of nitrogens with zero attached hydrogens (tertiary/aromatic N) is 2. The number of amides is 1. The molecule has 2 aromatic rings. The molecule has 122 valence electrons. The van der Waals surface area contributed by atoms with Crippen LogP contribution in [0.25, 0.3) is 0 Å². The van der Waals surface area contributed by atoms with E-state index in [4.69, 9.17) is 4.42 Å². The molecule has 1 aromatic carbocycles. The molecule has 0 aliphatic rings. The molecule has 0 atom stereocenters. The minimum absolute atomic E-state index is 0.0591. The predicted octanol–water partition coefficient (Wildman–Crippen LogP) is 2.52. The van der Waals surface area contributed by atoms with Crippen molar-refractivity contribution in [1.29, 1.82) is 0 Å². The molecule has 0 radical (unpaired) electrons. The Morgan fingerprint density at radius 2 is 2.13 bits per heavy atom. The molecule has 0 aliphatic carbocycles. The molecule has 1 heterocycles. The highest BCUT2D eigenvalue weighted by Crippen LogP contribution is 2.26. The number of carbonyl (C=O) groups is 1. The summed E-state index contributed by atoms with van der Waals surface area (Å²) in [5.74, 6) is 0.0243. The highest BCUT2D eigenvalue weighted by atomic mass is 16.6. The van der Waals surface area contributed by atoms with Gasteiger partial charge in [-0.15, -0.1) is 0 Å². The zero-order valence-electron chi connectivity index (χ0n) is 13.0. The van der Waals surface area contributed by atoms with E-state index in [1.807, 2.05) is 20.8 Å². The van der Waals surface area contributed by atoms with Crippen molar-refractivity contribution < 1.29 is 19.2 Å². The first kappa shape index (κ1) is 16.5. The van der Waals surface area contributed by atoms with Crippen molar-refractivity contribution in [1.82, 2.24) is 10.3 Å². The van der Waals surface area contributed by atoms with Crippen molar-refractivity contribution >= 4 is 11.6 Å². The summed E-state index contributed by atoms with van der Waals surface area (Å²) in [5, 5.41) is 22.7. The summed E-state index contributed by atoms with van der Waals surface area (Å²) < 4.78 is 5.54. The van der Waals surface area contributed by atoms with E-state index in [-0.39, 0.29) is 17.5 Å². The maximum atomic E-state index is 12.0. The van der Waals surface area contributed by atoms with Gasteiger partial charge in [-0.05, 0) is 12.1 Å². The van der Waals surface area contributed by atoms with Crippen LogP contribution in [-0.4, -0.2) is 20.9 Å². The molecule has 2 rings (SSSR count). The highest BCUT2D eigenvalue weighted by molar-refractivity contribution is 5.95. The molecule has 0 bridgehead atoms. The fraction of sp³-hybridized carbons (Fsp3) is 0.333. The summed E-state index contributed by atoms with van der Waals surface area (Å²) in [7, 11) is 0. The van der Waals surface area contributed by atoms with Crippen molar-refractivity contribution in [3.63, 3.8) is 0 Å². The molecule has 0 fully saturated rings. The number of nitro benzene ring substituents is 1. The van der Waals surface area contributed by atoms with Gasteiger partial charge in [0.2, 0.25) is 5.89 Å². The van der Waals surface area contributed by atoms with Crippen LogP contribution in [0.1, 0.15) is 42.8 Å². The summed E-state index contributed by atoms with van der Waals surface area (Å²) in [6.07, 6.45) is 1.60. The highest BCUT2D eigenvalue weighted by Gasteiger charge is 2.20. The summed E-state index contributed by atoms with van der Waals surface area (Å²) in [6.45, 7) is 5.99. The van der Waals surface area contributed by atoms with Crippen LogP contribution in [-0.2, 0) is 12.0 Å². The first-order valence-corrected chi connectivity index (χ1v) is 6.89. The smallest absolute Gasteiger partial charge is 0.311 e. The second kappa shape index (κ2) is 6.07. The number of phenols is 1. The molecule has 0 saturated heterocycles. The minimum Gasteiger partial charge on any atom is -0.502 e. The van der Waals surface area contributed by atoms with Gasteiger partial charge in [0.15, 0.2) is 5.75 Å². The lowest BCUT2D eigenvalue weighted by Crippen LogP contribution is -2.23. The fourth-order valence-corrected chi connectivity index (χ4v) is 1.81. The van der Waals surface area contributed by atoms with E-state index in [0.29, 0.717) is 11.7 Å². The van der Waals surface area contributed by atoms with Crippen molar-refractivity contribution in [2.24, 2.45) is 0 Å². The maximum Gasteiger partial charge on any atom is 0.311 e. The number of benzene rings is 1. The van der Waals surface area contributed by atoms with Gasteiger partial charge >= 0.3 is 5.69 Å².